The number of nitrogens with zero attached hydrogens (tertiary/aromatic N) is 1. The highest BCUT2D eigenvalue weighted by Gasteiger charge is 2.09. The van der Waals surface area contributed by atoms with Crippen molar-refractivity contribution in [3.63, 3.8) is 0 Å². The molecule has 0 aliphatic heterocycles. The van der Waals surface area contributed by atoms with E-state index >= 15 is 0 Å². The van der Waals surface area contributed by atoms with Crippen molar-refractivity contribution >= 4 is 44.7 Å². The summed E-state index contributed by atoms with van der Waals surface area (Å²) in [5.41, 5.74) is 5.29. The van der Waals surface area contributed by atoms with Gasteiger partial charge in [0.1, 0.15) is 0 Å². The monoisotopic (exact) mass is 383 g/mol. The van der Waals surface area contributed by atoms with Crippen LogP contribution >= 0.6 is 22.9 Å². The van der Waals surface area contributed by atoms with Gasteiger partial charge in [0.25, 0.3) is 0 Å². The lowest BCUT2D eigenvalue weighted by Gasteiger charge is -2.03. The van der Waals surface area contributed by atoms with Crippen molar-refractivity contribution in [3.8, 4) is 0 Å². The van der Waals surface area contributed by atoms with Crippen LogP contribution in [0.3, 0.4) is 0 Å². The quantitative estimate of drug-likeness (QED) is 0.398. The Morgan fingerprint density at radius 3 is 2.24 bits per heavy atom. The van der Waals surface area contributed by atoms with E-state index in [1.807, 2.05) is 0 Å². The van der Waals surface area contributed by atoms with E-state index in [-0.39, 0.29) is 0 Å². The Hall–Kier alpha value is -1.81. The molecule has 4 rings (SSSR count). The van der Waals surface area contributed by atoms with Crippen molar-refractivity contribution in [2.75, 3.05) is 0 Å². The van der Waals surface area contributed by atoms with Gasteiger partial charge in [0.15, 0.2) is 0 Å². The Kier molecular flexibility index (Phi) is 3.19. The Morgan fingerprint density at radius 2 is 1.38 bits per heavy atom. The molecule has 0 aliphatic carbocycles. The Labute approximate surface area is 137 Å². The van der Waals surface area contributed by atoms with Crippen LogP contribution in [0.25, 0.3) is 21.8 Å². The van der Waals surface area contributed by atoms with Gasteiger partial charge in [-0.1, -0.05) is 60.7 Å². The minimum Gasteiger partial charge on any atom is -0.282 e. The Bertz CT molecular complexity index is 922. The average molecular weight is 383 g/mol. The highest BCUT2D eigenvalue weighted by molar-refractivity contribution is 14.1. The van der Waals surface area contributed by atoms with Gasteiger partial charge < -0.3 is 0 Å². The molecule has 0 bridgehead atoms. The number of benzene rings is 3. The van der Waals surface area contributed by atoms with Crippen molar-refractivity contribution in [1.82, 2.24) is 2.78 Å². The first-order valence-corrected chi connectivity index (χ1v) is 8.01. The van der Waals surface area contributed by atoms with Crippen LogP contribution in [0.4, 0.5) is 0 Å². The van der Waals surface area contributed by atoms with E-state index in [0.29, 0.717) is 0 Å². The van der Waals surface area contributed by atoms with E-state index in [4.69, 9.17) is 0 Å². The third kappa shape index (κ3) is 2.23. The first-order chi connectivity index (χ1) is 10.3. The molecule has 21 heavy (non-hydrogen) atoms. The summed E-state index contributed by atoms with van der Waals surface area (Å²) < 4.78 is 2.26. The average Bonchev–Trinajstić information content (AvgIpc) is 2.82. The Balaban J connectivity index is 1.86. The lowest BCUT2D eigenvalue weighted by Crippen LogP contribution is -1.88. The molecular formula is C19H14IN. The molecule has 0 amide bonds. The molecule has 0 N–H and O–H groups in total. The van der Waals surface area contributed by atoms with Gasteiger partial charge >= 0.3 is 0 Å². The minimum atomic E-state index is 0.981. The smallest absolute Gasteiger partial charge is 0.0646 e. The molecular weight excluding hydrogens is 369 g/mol. The number of fused-ring (bicyclic) bond motifs is 3. The molecule has 1 aromatic heterocycles. The highest BCUT2D eigenvalue weighted by atomic mass is 127. The van der Waals surface area contributed by atoms with Gasteiger partial charge in [-0.3, -0.25) is 2.78 Å². The van der Waals surface area contributed by atoms with Crippen LogP contribution in [0.1, 0.15) is 11.1 Å². The first-order valence-electron chi connectivity index (χ1n) is 7.05. The van der Waals surface area contributed by atoms with Crippen LogP contribution in [0.5, 0.6) is 0 Å². The maximum absolute atomic E-state index is 2.40. The van der Waals surface area contributed by atoms with E-state index in [0.717, 1.165) is 6.42 Å². The molecule has 3 aromatic carbocycles. The second-order valence-corrected chi connectivity index (χ2v) is 6.28. The van der Waals surface area contributed by atoms with Gasteiger partial charge in [-0.25, -0.2) is 0 Å². The van der Waals surface area contributed by atoms with Crippen LogP contribution in [0, 0.1) is 0 Å². The summed E-state index contributed by atoms with van der Waals surface area (Å²) in [6, 6.07) is 26.0. The SMILES string of the molecule is In1c2ccccc2c2ccc(Cc3ccccc3)cc21. The molecule has 1 heterocycles. The van der Waals surface area contributed by atoms with Crippen LogP contribution in [-0.4, -0.2) is 2.78 Å². The molecule has 0 unspecified atom stereocenters. The molecule has 0 saturated heterocycles. The minimum absolute atomic E-state index is 0.981. The summed E-state index contributed by atoms with van der Waals surface area (Å²) in [5, 5.41) is 2.66. The van der Waals surface area contributed by atoms with Crippen molar-refractivity contribution in [2.24, 2.45) is 0 Å². The summed E-state index contributed by atoms with van der Waals surface area (Å²) in [6.07, 6.45) is 0.981. The van der Waals surface area contributed by atoms with Gasteiger partial charge in [0, 0.05) is 10.8 Å². The van der Waals surface area contributed by atoms with E-state index in [9.17, 15) is 0 Å². The van der Waals surface area contributed by atoms with Gasteiger partial charge in [-0.15, -0.1) is 0 Å². The standard InChI is InChI=1S/C19H14IN/c20-21-18-9-5-4-8-16(18)17-11-10-15(13-19(17)21)12-14-6-2-1-3-7-14/h1-11,13H,12H2. The lowest BCUT2D eigenvalue weighted by atomic mass is 10.0. The zero-order valence-electron chi connectivity index (χ0n) is 11.5. The normalized spacial score (nSPS) is 11.3. The molecule has 0 fully saturated rings. The molecule has 0 radical (unpaired) electrons. The zero-order chi connectivity index (χ0) is 14.2. The van der Waals surface area contributed by atoms with E-state index in [1.54, 1.807) is 0 Å². The van der Waals surface area contributed by atoms with Gasteiger partial charge in [-0.05, 0) is 29.7 Å². The van der Waals surface area contributed by atoms with Crippen LogP contribution < -0.4 is 0 Å². The Morgan fingerprint density at radius 1 is 0.667 bits per heavy atom. The highest BCUT2D eigenvalue weighted by Crippen LogP contribution is 2.31. The maximum atomic E-state index is 2.40. The largest absolute Gasteiger partial charge is 0.282 e. The predicted octanol–water partition coefficient (Wildman–Crippen LogP) is 5.58. The van der Waals surface area contributed by atoms with Gasteiger partial charge in [-0.2, -0.15) is 0 Å². The number of hydrogen-bond donors (Lipinski definition) is 0. The summed E-state index contributed by atoms with van der Waals surface area (Å²) in [4.78, 5) is 0. The van der Waals surface area contributed by atoms with Crippen molar-refractivity contribution in [1.29, 1.82) is 0 Å². The molecule has 1 nitrogen and oxygen atoms in total. The van der Waals surface area contributed by atoms with E-state index < -0.39 is 0 Å². The van der Waals surface area contributed by atoms with Crippen molar-refractivity contribution in [2.45, 2.75) is 6.42 Å². The summed E-state index contributed by atoms with van der Waals surface area (Å²) >= 11 is 2.40. The van der Waals surface area contributed by atoms with Crippen molar-refractivity contribution in [3.05, 3.63) is 83.9 Å². The second kappa shape index (κ2) is 5.19. The molecule has 4 aromatic rings. The fraction of sp³-hybridized carbons (Fsp3) is 0.0526. The van der Waals surface area contributed by atoms with Crippen LogP contribution in [0.2, 0.25) is 0 Å². The third-order valence-electron chi connectivity index (χ3n) is 3.93. The number of halogens is 1. The number of hydrogen-bond acceptors (Lipinski definition) is 0. The van der Waals surface area contributed by atoms with Crippen LogP contribution in [0.15, 0.2) is 72.8 Å². The molecule has 102 valence electrons. The number of aromatic nitrogens is 1. The van der Waals surface area contributed by atoms with Crippen molar-refractivity contribution < 1.29 is 0 Å². The predicted molar refractivity (Wildman–Crippen MR) is 98.1 cm³/mol. The summed E-state index contributed by atoms with van der Waals surface area (Å²) in [7, 11) is 0. The molecule has 0 spiro atoms. The maximum Gasteiger partial charge on any atom is 0.0646 e. The number of para-hydroxylation sites is 1. The summed E-state index contributed by atoms with van der Waals surface area (Å²) in [5.74, 6) is 0. The molecule has 0 saturated carbocycles. The lowest BCUT2D eigenvalue weighted by molar-refractivity contribution is 1.20. The zero-order valence-corrected chi connectivity index (χ0v) is 13.6. The molecule has 0 aliphatic rings. The van der Waals surface area contributed by atoms with Crippen LogP contribution in [-0.2, 0) is 6.42 Å². The number of rotatable bonds is 2. The van der Waals surface area contributed by atoms with Gasteiger partial charge in [0.2, 0.25) is 0 Å². The van der Waals surface area contributed by atoms with Gasteiger partial charge in [0.05, 0.1) is 33.9 Å². The fourth-order valence-electron chi connectivity index (χ4n) is 2.91. The summed E-state index contributed by atoms with van der Waals surface area (Å²) in [6.45, 7) is 0. The molecule has 0 atom stereocenters. The second-order valence-electron chi connectivity index (χ2n) is 5.31. The van der Waals surface area contributed by atoms with E-state index in [1.165, 1.54) is 32.9 Å². The fourth-order valence-corrected chi connectivity index (χ4v) is 3.73. The van der Waals surface area contributed by atoms with E-state index in [2.05, 4.69) is 98.4 Å². The molecule has 2 heteroatoms. The topological polar surface area (TPSA) is 4.93 Å². The third-order valence-corrected chi connectivity index (χ3v) is 4.97. The first kappa shape index (κ1) is 12.9.